The van der Waals surface area contributed by atoms with Crippen LogP contribution in [0.15, 0.2) is 24.3 Å². The molecule has 0 aliphatic carbocycles. The first kappa shape index (κ1) is 13.2. The maximum absolute atomic E-state index is 11.7. The van der Waals surface area contributed by atoms with Gasteiger partial charge in [0.1, 0.15) is 0 Å². The van der Waals surface area contributed by atoms with Crippen LogP contribution in [0, 0.1) is 0 Å². The Morgan fingerprint density at radius 1 is 1.38 bits per heavy atom. The average Bonchev–Trinajstić information content (AvgIpc) is 2.29. The zero-order chi connectivity index (χ0) is 12.0. The number of hydrogen-bond donors (Lipinski definition) is 0. The Kier molecular flexibility index (Phi) is 5.53. The maximum Gasteiger partial charge on any atom is 0.338 e. The molecule has 1 unspecified atom stereocenters. The molecular formula is C13H17BrO2. The zero-order valence-corrected chi connectivity index (χ0v) is 11.3. The molecule has 16 heavy (non-hydrogen) atoms. The molecule has 0 heterocycles. The van der Waals surface area contributed by atoms with Crippen LogP contribution in [-0.4, -0.2) is 12.1 Å². The molecule has 0 amide bonds. The average molecular weight is 285 g/mol. The molecular weight excluding hydrogens is 268 g/mol. The lowest BCUT2D eigenvalue weighted by Crippen LogP contribution is -2.14. The summed E-state index contributed by atoms with van der Waals surface area (Å²) < 4.78 is 5.30. The molecule has 0 saturated heterocycles. The molecule has 0 spiro atoms. The van der Waals surface area contributed by atoms with Crippen molar-refractivity contribution in [1.29, 1.82) is 0 Å². The third kappa shape index (κ3) is 3.97. The van der Waals surface area contributed by atoms with E-state index in [9.17, 15) is 4.79 Å². The number of halogens is 1. The Labute approximate surface area is 105 Å². The quantitative estimate of drug-likeness (QED) is 0.605. The molecule has 88 valence electrons. The third-order valence-electron chi connectivity index (χ3n) is 2.35. The van der Waals surface area contributed by atoms with Crippen molar-refractivity contribution in [3.63, 3.8) is 0 Å². The van der Waals surface area contributed by atoms with Crippen LogP contribution < -0.4 is 0 Å². The van der Waals surface area contributed by atoms with Gasteiger partial charge in [0.2, 0.25) is 0 Å². The summed E-state index contributed by atoms with van der Waals surface area (Å²) in [6.07, 6.45) is 1.93. The van der Waals surface area contributed by atoms with Crippen molar-refractivity contribution in [2.75, 3.05) is 0 Å². The Balaban J connectivity index is 2.59. The molecule has 3 heteroatoms. The molecule has 0 bridgehead atoms. The highest BCUT2D eigenvalue weighted by molar-refractivity contribution is 9.08. The van der Waals surface area contributed by atoms with Crippen LogP contribution in [0.1, 0.15) is 42.6 Å². The third-order valence-corrected chi connectivity index (χ3v) is 2.99. The lowest BCUT2D eigenvalue weighted by molar-refractivity contribution is 0.0323. The Bertz CT molecular complexity index is 332. The van der Waals surface area contributed by atoms with Gasteiger partial charge in [0.25, 0.3) is 0 Å². The van der Waals surface area contributed by atoms with Crippen LogP contribution in [0.4, 0.5) is 0 Å². The fourth-order valence-corrected chi connectivity index (χ4v) is 1.82. The van der Waals surface area contributed by atoms with E-state index in [-0.39, 0.29) is 12.1 Å². The summed E-state index contributed by atoms with van der Waals surface area (Å²) in [5.41, 5.74) is 1.77. The minimum atomic E-state index is -0.234. The van der Waals surface area contributed by atoms with Crippen molar-refractivity contribution in [2.45, 2.75) is 38.1 Å². The number of benzene rings is 1. The lowest BCUT2D eigenvalue weighted by atomic mass is 10.1. The van der Waals surface area contributed by atoms with Crippen LogP contribution in [0.25, 0.3) is 0 Å². The van der Waals surface area contributed by atoms with Gasteiger partial charge in [-0.15, -0.1) is 0 Å². The first-order valence-corrected chi connectivity index (χ1v) is 6.65. The number of rotatable bonds is 5. The van der Waals surface area contributed by atoms with Gasteiger partial charge in [-0.1, -0.05) is 41.4 Å². The summed E-state index contributed by atoms with van der Waals surface area (Å²) in [6, 6.07) is 7.46. The van der Waals surface area contributed by atoms with Crippen molar-refractivity contribution in [3.05, 3.63) is 35.4 Å². The second kappa shape index (κ2) is 6.69. The first-order valence-electron chi connectivity index (χ1n) is 5.53. The van der Waals surface area contributed by atoms with E-state index in [0.717, 1.165) is 23.7 Å². The van der Waals surface area contributed by atoms with Gasteiger partial charge in [0, 0.05) is 5.33 Å². The molecule has 1 atom stereocenters. The van der Waals surface area contributed by atoms with Gasteiger partial charge in [0.15, 0.2) is 0 Å². The topological polar surface area (TPSA) is 26.3 Å². The van der Waals surface area contributed by atoms with Gasteiger partial charge in [-0.25, -0.2) is 4.79 Å². The van der Waals surface area contributed by atoms with Gasteiger partial charge in [-0.05, 0) is 31.0 Å². The van der Waals surface area contributed by atoms with E-state index in [4.69, 9.17) is 4.74 Å². The van der Waals surface area contributed by atoms with Crippen LogP contribution in [0.5, 0.6) is 0 Å². The fraction of sp³-hybridized carbons (Fsp3) is 0.462. The smallest absolute Gasteiger partial charge is 0.338 e. The zero-order valence-electron chi connectivity index (χ0n) is 9.70. The van der Waals surface area contributed by atoms with E-state index in [1.165, 1.54) is 0 Å². The van der Waals surface area contributed by atoms with Crippen molar-refractivity contribution in [1.82, 2.24) is 0 Å². The highest BCUT2D eigenvalue weighted by atomic mass is 79.9. The molecule has 0 fully saturated rings. The highest BCUT2D eigenvalue weighted by Crippen LogP contribution is 2.11. The lowest BCUT2D eigenvalue weighted by Gasteiger charge is -2.12. The molecule has 2 nitrogen and oxygen atoms in total. The SMILES string of the molecule is CCCC(C)OC(=O)c1ccc(CBr)cc1. The standard InChI is InChI=1S/C13H17BrO2/c1-3-4-10(2)16-13(15)12-7-5-11(9-14)6-8-12/h5-8,10H,3-4,9H2,1-2H3. The Hall–Kier alpha value is -0.830. The van der Waals surface area contributed by atoms with Gasteiger partial charge in [-0.2, -0.15) is 0 Å². The second-order valence-electron chi connectivity index (χ2n) is 3.84. The van der Waals surface area contributed by atoms with E-state index in [2.05, 4.69) is 22.9 Å². The summed E-state index contributed by atoms with van der Waals surface area (Å²) in [6.45, 7) is 4.00. The largest absolute Gasteiger partial charge is 0.459 e. The van der Waals surface area contributed by atoms with E-state index >= 15 is 0 Å². The minimum Gasteiger partial charge on any atom is -0.459 e. The Morgan fingerprint density at radius 2 is 2.00 bits per heavy atom. The number of hydrogen-bond acceptors (Lipinski definition) is 2. The van der Waals surface area contributed by atoms with E-state index < -0.39 is 0 Å². The molecule has 0 aliphatic heterocycles. The molecule has 1 aromatic rings. The number of carbonyl (C=O) groups is 1. The number of esters is 1. The molecule has 0 radical (unpaired) electrons. The number of carbonyl (C=O) groups excluding carboxylic acids is 1. The highest BCUT2D eigenvalue weighted by Gasteiger charge is 2.10. The van der Waals surface area contributed by atoms with Crippen LogP contribution in [0.2, 0.25) is 0 Å². The number of ether oxygens (including phenoxy) is 1. The summed E-state index contributed by atoms with van der Waals surface area (Å²) in [4.78, 5) is 11.7. The molecule has 0 N–H and O–H groups in total. The van der Waals surface area contributed by atoms with Crippen molar-refractivity contribution < 1.29 is 9.53 Å². The minimum absolute atomic E-state index is 0.00616. The van der Waals surface area contributed by atoms with E-state index in [0.29, 0.717) is 5.56 Å². The predicted octanol–water partition coefficient (Wildman–Crippen LogP) is 3.93. The maximum atomic E-state index is 11.7. The Morgan fingerprint density at radius 3 is 2.50 bits per heavy atom. The molecule has 0 aromatic heterocycles. The summed E-state index contributed by atoms with van der Waals surface area (Å²) in [5, 5.41) is 0.800. The van der Waals surface area contributed by atoms with E-state index in [1.54, 1.807) is 12.1 Å². The van der Waals surface area contributed by atoms with Crippen LogP contribution >= 0.6 is 15.9 Å². The normalized spacial score (nSPS) is 12.2. The molecule has 1 aromatic carbocycles. The molecule has 0 saturated carbocycles. The monoisotopic (exact) mass is 284 g/mol. The molecule has 1 rings (SSSR count). The summed E-state index contributed by atoms with van der Waals surface area (Å²) in [7, 11) is 0. The van der Waals surface area contributed by atoms with Crippen molar-refractivity contribution >= 4 is 21.9 Å². The summed E-state index contributed by atoms with van der Waals surface area (Å²) in [5.74, 6) is -0.234. The second-order valence-corrected chi connectivity index (χ2v) is 4.40. The number of alkyl halides is 1. The van der Waals surface area contributed by atoms with Gasteiger partial charge in [0.05, 0.1) is 11.7 Å². The molecule has 0 aliphatic rings. The van der Waals surface area contributed by atoms with Gasteiger partial charge >= 0.3 is 5.97 Å². The van der Waals surface area contributed by atoms with Gasteiger partial charge in [-0.3, -0.25) is 0 Å². The van der Waals surface area contributed by atoms with Crippen molar-refractivity contribution in [3.8, 4) is 0 Å². The van der Waals surface area contributed by atoms with Crippen LogP contribution in [0.3, 0.4) is 0 Å². The summed E-state index contributed by atoms with van der Waals surface area (Å²) >= 11 is 3.36. The van der Waals surface area contributed by atoms with Crippen LogP contribution in [-0.2, 0) is 10.1 Å². The van der Waals surface area contributed by atoms with Gasteiger partial charge < -0.3 is 4.74 Å². The predicted molar refractivity (Wildman–Crippen MR) is 68.9 cm³/mol. The van der Waals surface area contributed by atoms with E-state index in [1.807, 2.05) is 19.1 Å². The first-order chi connectivity index (χ1) is 7.67. The van der Waals surface area contributed by atoms with Crippen molar-refractivity contribution in [2.24, 2.45) is 0 Å². The fourth-order valence-electron chi connectivity index (χ4n) is 1.45.